The molecule has 1 unspecified atom stereocenters. The first-order chi connectivity index (χ1) is 15.0. The van der Waals surface area contributed by atoms with Crippen molar-refractivity contribution in [1.82, 2.24) is 20.3 Å². The summed E-state index contributed by atoms with van der Waals surface area (Å²) in [6.07, 6.45) is 4.57. The minimum atomic E-state index is -1.02. The van der Waals surface area contributed by atoms with E-state index in [-0.39, 0.29) is 18.9 Å². The smallest absolute Gasteiger partial charge is 0.304 e. The number of thiazole rings is 1. The Hall–Kier alpha value is -3.04. The van der Waals surface area contributed by atoms with E-state index >= 15 is 0 Å². The Bertz CT molecular complexity index is 985. The van der Waals surface area contributed by atoms with E-state index in [0.717, 1.165) is 28.2 Å². The number of aliphatic hydroxyl groups is 1. The number of nitrogens with zero attached hydrogens (tertiary/aromatic N) is 2. The lowest BCUT2D eigenvalue weighted by Gasteiger charge is -2.20. The number of rotatable bonds is 11. The summed E-state index contributed by atoms with van der Waals surface area (Å²) in [6, 6.07) is 7.49. The zero-order valence-corrected chi connectivity index (χ0v) is 18.1. The maximum Gasteiger partial charge on any atom is 0.304 e. The number of aromatic nitrogens is 3. The van der Waals surface area contributed by atoms with Crippen molar-refractivity contribution in [2.24, 2.45) is 5.92 Å². The van der Waals surface area contributed by atoms with Crippen LogP contribution in [-0.2, 0) is 16.0 Å². The van der Waals surface area contributed by atoms with Gasteiger partial charge in [0.05, 0.1) is 48.0 Å². The molecule has 1 amide bonds. The lowest BCUT2D eigenvalue weighted by molar-refractivity contribution is -0.141. The molecule has 0 bridgehead atoms. The first-order valence-electron chi connectivity index (χ1n) is 10.1. The Morgan fingerprint density at radius 2 is 2.03 bits per heavy atom. The van der Waals surface area contributed by atoms with Crippen LogP contribution in [0.2, 0.25) is 0 Å². The second-order valence-corrected chi connectivity index (χ2v) is 8.45. The number of aryl methyl sites for hydroxylation is 2. The Kier molecular flexibility index (Phi) is 7.91. The van der Waals surface area contributed by atoms with E-state index in [1.165, 1.54) is 12.5 Å². The van der Waals surface area contributed by atoms with E-state index in [9.17, 15) is 19.8 Å². The number of hydrogen-bond acceptors (Lipinski definition) is 6. The van der Waals surface area contributed by atoms with Crippen LogP contribution >= 0.6 is 11.3 Å². The molecule has 2 heterocycles. The maximum absolute atomic E-state index is 12.7. The third kappa shape index (κ3) is 6.47. The molecule has 2 aromatic heterocycles. The zero-order valence-electron chi connectivity index (χ0n) is 17.2. The number of imidazole rings is 1. The Balaban J connectivity index is 1.55. The van der Waals surface area contributed by atoms with Crippen molar-refractivity contribution in [2.45, 2.75) is 38.6 Å². The van der Waals surface area contributed by atoms with Crippen LogP contribution < -0.4 is 5.32 Å². The molecule has 164 valence electrons. The first-order valence-corrected chi connectivity index (χ1v) is 11.0. The van der Waals surface area contributed by atoms with Crippen LogP contribution in [0.5, 0.6) is 0 Å². The fourth-order valence-corrected chi connectivity index (χ4v) is 4.02. The number of hydrogen-bond donors (Lipinski definition) is 4. The van der Waals surface area contributed by atoms with Gasteiger partial charge in [0.25, 0.3) is 0 Å². The molecule has 0 saturated heterocycles. The summed E-state index contributed by atoms with van der Waals surface area (Å²) in [7, 11) is 0. The lowest BCUT2D eigenvalue weighted by Crippen LogP contribution is -2.36. The fourth-order valence-electron chi connectivity index (χ4n) is 3.40. The predicted octanol–water partition coefficient (Wildman–Crippen LogP) is 3.11. The van der Waals surface area contributed by atoms with E-state index in [2.05, 4.69) is 20.3 Å². The van der Waals surface area contributed by atoms with E-state index in [0.29, 0.717) is 18.5 Å². The van der Waals surface area contributed by atoms with Gasteiger partial charge in [-0.1, -0.05) is 24.3 Å². The van der Waals surface area contributed by atoms with Crippen LogP contribution in [0.25, 0.3) is 11.3 Å². The third-order valence-corrected chi connectivity index (χ3v) is 5.85. The lowest BCUT2D eigenvalue weighted by atomic mass is 9.95. The van der Waals surface area contributed by atoms with Gasteiger partial charge >= 0.3 is 5.97 Å². The molecule has 31 heavy (non-hydrogen) atoms. The molecule has 4 N–H and O–H groups in total. The molecule has 0 radical (unpaired) electrons. The van der Waals surface area contributed by atoms with Gasteiger partial charge in [-0.15, -0.1) is 11.3 Å². The summed E-state index contributed by atoms with van der Waals surface area (Å²) in [4.78, 5) is 35.1. The SMILES string of the molecule is Cc1nc(-c2ccc(CCCC(CC(=O)O)C(=O)N[C@@H](CO)c3cnc[nH]3)cc2)cs1. The zero-order chi connectivity index (χ0) is 22.2. The van der Waals surface area contributed by atoms with Crippen molar-refractivity contribution in [3.8, 4) is 11.3 Å². The van der Waals surface area contributed by atoms with Crippen molar-refractivity contribution in [2.75, 3.05) is 6.61 Å². The third-order valence-electron chi connectivity index (χ3n) is 5.07. The molecule has 0 spiro atoms. The number of aliphatic hydroxyl groups excluding tert-OH is 1. The van der Waals surface area contributed by atoms with E-state index in [1.54, 1.807) is 11.3 Å². The highest BCUT2D eigenvalue weighted by atomic mass is 32.1. The Morgan fingerprint density at radius 1 is 1.26 bits per heavy atom. The average molecular weight is 443 g/mol. The summed E-state index contributed by atoms with van der Waals surface area (Å²) < 4.78 is 0. The minimum absolute atomic E-state index is 0.255. The number of aliphatic carboxylic acids is 1. The molecule has 8 nitrogen and oxygen atoms in total. The van der Waals surface area contributed by atoms with Crippen molar-refractivity contribution in [1.29, 1.82) is 0 Å². The Labute approximate surface area is 184 Å². The van der Waals surface area contributed by atoms with Gasteiger partial charge in [0, 0.05) is 16.9 Å². The summed E-state index contributed by atoms with van der Waals surface area (Å²) in [5.74, 6) is -2.08. The molecule has 0 aliphatic carbocycles. The molecular formula is C22H26N4O4S. The van der Waals surface area contributed by atoms with E-state index in [1.807, 2.05) is 36.6 Å². The van der Waals surface area contributed by atoms with Gasteiger partial charge in [0.15, 0.2) is 0 Å². The van der Waals surface area contributed by atoms with E-state index < -0.39 is 17.9 Å². The van der Waals surface area contributed by atoms with Crippen LogP contribution in [0, 0.1) is 12.8 Å². The summed E-state index contributed by atoms with van der Waals surface area (Å²) >= 11 is 1.61. The van der Waals surface area contributed by atoms with Crippen molar-refractivity contribution < 1.29 is 19.8 Å². The second kappa shape index (κ2) is 10.8. The Morgan fingerprint density at radius 3 is 2.61 bits per heavy atom. The number of H-pyrrole nitrogens is 1. The second-order valence-electron chi connectivity index (χ2n) is 7.39. The quantitative estimate of drug-likeness (QED) is 0.361. The number of benzene rings is 1. The van der Waals surface area contributed by atoms with Crippen LogP contribution in [0.1, 0.15) is 41.6 Å². The standard InChI is InChI=1S/C22H26N4O4S/c1-14-25-20(12-31-14)16-7-5-15(6-8-16)3-2-4-17(9-21(28)29)22(30)26-19(11-27)18-10-23-13-24-18/h5-8,10,12-13,17,19,27H,2-4,9,11H2,1H3,(H,23,24)(H,26,30)(H,28,29)/t17?,19-/m0/s1. The van der Waals surface area contributed by atoms with Crippen molar-refractivity contribution in [3.05, 3.63) is 58.4 Å². The molecule has 3 aromatic rings. The van der Waals surface area contributed by atoms with Gasteiger partial charge in [-0.05, 0) is 31.7 Å². The molecular weight excluding hydrogens is 416 g/mol. The largest absolute Gasteiger partial charge is 0.481 e. The molecule has 0 fully saturated rings. The van der Waals surface area contributed by atoms with Gasteiger partial charge in [0.2, 0.25) is 5.91 Å². The van der Waals surface area contributed by atoms with Crippen molar-refractivity contribution in [3.63, 3.8) is 0 Å². The summed E-state index contributed by atoms with van der Waals surface area (Å²) in [6.45, 7) is 1.67. The molecule has 1 aromatic carbocycles. The summed E-state index contributed by atoms with van der Waals surface area (Å²) in [5.41, 5.74) is 3.71. The van der Waals surface area contributed by atoms with Crippen LogP contribution in [-0.4, -0.2) is 43.6 Å². The van der Waals surface area contributed by atoms with E-state index in [4.69, 9.17) is 0 Å². The highest BCUT2D eigenvalue weighted by Crippen LogP contribution is 2.23. The molecule has 0 aliphatic rings. The molecule has 9 heteroatoms. The van der Waals surface area contributed by atoms with Gasteiger partial charge in [0.1, 0.15) is 0 Å². The number of carboxylic acids is 1. The molecule has 0 aliphatic heterocycles. The number of carbonyl (C=O) groups is 2. The van der Waals surface area contributed by atoms with Gasteiger partial charge < -0.3 is 20.5 Å². The normalized spacial score (nSPS) is 13.0. The monoisotopic (exact) mass is 442 g/mol. The number of aromatic amines is 1. The van der Waals surface area contributed by atoms with Gasteiger partial charge in [-0.25, -0.2) is 9.97 Å². The number of carbonyl (C=O) groups excluding carboxylic acids is 1. The molecule has 0 saturated carbocycles. The van der Waals surface area contributed by atoms with Crippen LogP contribution in [0.15, 0.2) is 42.2 Å². The maximum atomic E-state index is 12.7. The number of nitrogens with one attached hydrogen (secondary N) is 2. The van der Waals surface area contributed by atoms with Gasteiger partial charge in [-0.3, -0.25) is 9.59 Å². The number of carboxylic acid groups (broad SMARTS) is 1. The minimum Gasteiger partial charge on any atom is -0.481 e. The number of amides is 1. The first kappa shape index (κ1) is 22.6. The highest BCUT2D eigenvalue weighted by molar-refractivity contribution is 7.09. The average Bonchev–Trinajstić information content (AvgIpc) is 3.43. The van der Waals surface area contributed by atoms with Crippen molar-refractivity contribution >= 4 is 23.2 Å². The van der Waals surface area contributed by atoms with Crippen LogP contribution in [0.3, 0.4) is 0 Å². The molecule has 3 rings (SSSR count). The highest BCUT2D eigenvalue weighted by Gasteiger charge is 2.24. The summed E-state index contributed by atoms with van der Waals surface area (Å²) in [5, 5.41) is 24.6. The fraction of sp³-hybridized carbons (Fsp3) is 0.364. The topological polar surface area (TPSA) is 128 Å². The predicted molar refractivity (Wildman–Crippen MR) is 118 cm³/mol. The van der Waals surface area contributed by atoms with Crippen LogP contribution in [0.4, 0.5) is 0 Å². The van der Waals surface area contributed by atoms with Gasteiger partial charge in [-0.2, -0.15) is 0 Å². The molecule has 2 atom stereocenters.